The number of fused-ring (bicyclic) bond motifs is 1. The van der Waals surface area contributed by atoms with Gasteiger partial charge in [0.05, 0.1) is 5.69 Å². The van der Waals surface area contributed by atoms with Crippen LogP contribution in [-0.2, 0) is 14.8 Å². The maximum atomic E-state index is 12.8. The Labute approximate surface area is 172 Å². The summed E-state index contributed by atoms with van der Waals surface area (Å²) in [5, 5.41) is 0.925. The summed E-state index contributed by atoms with van der Waals surface area (Å²) < 4.78 is 33.6. The summed E-state index contributed by atoms with van der Waals surface area (Å²) in [7, 11) is -0.540. The number of nitrogens with one attached hydrogen (secondary N) is 1. The van der Waals surface area contributed by atoms with Gasteiger partial charge in [-0.1, -0.05) is 29.8 Å². The lowest BCUT2D eigenvalue weighted by Crippen LogP contribution is -2.21. The second kappa shape index (κ2) is 8.46. The van der Waals surface area contributed by atoms with Crippen LogP contribution in [-0.4, -0.2) is 39.1 Å². The van der Waals surface area contributed by atoms with Gasteiger partial charge in [-0.25, -0.2) is 0 Å². The maximum absolute atomic E-state index is 12.8. The Kier molecular flexibility index (Phi) is 6.22. The molecule has 0 saturated carbocycles. The molecule has 6 nitrogen and oxygen atoms in total. The number of amides is 1. The Morgan fingerprint density at radius 2 is 1.93 bits per heavy atom. The molecule has 0 aliphatic carbocycles. The molecule has 0 saturated heterocycles. The standard InChI is InChI=1S/C19H19ClN2O4S2/c1-22(2)18(23)9-10-27-17-8-7-14(20)12-15(17)21-28(24,25)19-11-13-5-3-4-6-16(13)26-19/h3-8,11-12,21H,9-10H2,1-2H3. The Hall–Kier alpha value is -2.16. The molecule has 0 radical (unpaired) electrons. The molecule has 3 rings (SSSR count). The molecule has 0 atom stereocenters. The van der Waals surface area contributed by atoms with E-state index in [-0.39, 0.29) is 11.0 Å². The third-order valence-corrected chi connectivity index (χ3v) is 6.46. The van der Waals surface area contributed by atoms with Crippen LogP contribution in [0.15, 0.2) is 62.9 Å². The molecular formula is C19H19ClN2O4S2. The summed E-state index contributed by atoms with van der Waals surface area (Å²) in [6.45, 7) is 0. The average molecular weight is 439 g/mol. The van der Waals surface area contributed by atoms with Gasteiger partial charge in [0.1, 0.15) is 5.58 Å². The van der Waals surface area contributed by atoms with E-state index in [0.29, 0.717) is 38.7 Å². The minimum atomic E-state index is -3.93. The fourth-order valence-corrected chi connectivity index (χ4v) is 4.67. The van der Waals surface area contributed by atoms with Gasteiger partial charge in [-0.05, 0) is 24.3 Å². The number of anilines is 1. The Morgan fingerprint density at radius 1 is 1.18 bits per heavy atom. The first-order chi connectivity index (χ1) is 13.3. The molecule has 1 heterocycles. The van der Waals surface area contributed by atoms with E-state index in [1.54, 1.807) is 44.4 Å². The van der Waals surface area contributed by atoms with E-state index in [4.69, 9.17) is 16.0 Å². The molecule has 0 unspecified atom stereocenters. The van der Waals surface area contributed by atoms with Gasteiger partial charge < -0.3 is 9.32 Å². The van der Waals surface area contributed by atoms with Gasteiger partial charge in [0.15, 0.2) is 0 Å². The number of para-hydroxylation sites is 1. The smallest absolute Gasteiger partial charge is 0.295 e. The van der Waals surface area contributed by atoms with Crippen molar-refractivity contribution in [1.82, 2.24) is 4.90 Å². The maximum Gasteiger partial charge on any atom is 0.295 e. The molecule has 1 N–H and O–H groups in total. The topological polar surface area (TPSA) is 79.6 Å². The Balaban J connectivity index is 1.82. The van der Waals surface area contributed by atoms with Crippen molar-refractivity contribution in [3.8, 4) is 0 Å². The van der Waals surface area contributed by atoms with Crippen molar-refractivity contribution in [2.45, 2.75) is 16.4 Å². The van der Waals surface area contributed by atoms with Crippen LogP contribution in [0.25, 0.3) is 11.0 Å². The van der Waals surface area contributed by atoms with Crippen molar-refractivity contribution < 1.29 is 17.6 Å². The van der Waals surface area contributed by atoms with Crippen LogP contribution in [0.4, 0.5) is 5.69 Å². The summed E-state index contributed by atoms with van der Waals surface area (Å²) in [5.41, 5.74) is 0.834. The predicted octanol–water partition coefficient (Wildman–Crippen LogP) is 4.46. The van der Waals surface area contributed by atoms with Crippen molar-refractivity contribution in [3.05, 3.63) is 53.6 Å². The molecule has 1 aromatic heterocycles. The van der Waals surface area contributed by atoms with Crippen molar-refractivity contribution in [3.63, 3.8) is 0 Å². The Bertz CT molecular complexity index is 1080. The van der Waals surface area contributed by atoms with Crippen molar-refractivity contribution in [2.24, 2.45) is 0 Å². The lowest BCUT2D eigenvalue weighted by molar-refractivity contribution is -0.128. The fraction of sp³-hybridized carbons (Fsp3) is 0.211. The highest BCUT2D eigenvalue weighted by Gasteiger charge is 2.21. The summed E-state index contributed by atoms with van der Waals surface area (Å²) in [6.07, 6.45) is 0.343. The first-order valence-corrected chi connectivity index (χ1v) is 11.2. The van der Waals surface area contributed by atoms with Gasteiger partial charge in [-0.3, -0.25) is 9.52 Å². The van der Waals surface area contributed by atoms with Gasteiger partial charge in [0.25, 0.3) is 10.0 Å². The van der Waals surface area contributed by atoms with Gasteiger partial charge in [-0.2, -0.15) is 8.42 Å². The summed E-state index contributed by atoms with van der Waals surface area (Å²) in [4.78, 5) is 13.9. The lowest BCUT2D eigenvalue weighted by atomic mass is 10.3. The molecular weight excluding hydrogens is 420 g/mol. The molecule has 3 aromatic rings. The van der Waals surface area contributed by atoms with Crippen molar-refractivity contribution >= 4 is 55.9 Å². The van der Waals surface area contributed by atoms with Gasteiger partial charge in [-0.15, -0.1) is 11.8 Å². The number of halogens is 1. The van der Waals surface area contributed by atoms with Crippen LogP contribution < -0.4 is 4.72 Å². The number of thioether (sulfide) groups is 1. The largest absolute Gasteiger partial charge is 0.443 e. The van der Waals surface area contributed by atoms with E-state index in [9.17, 15) is 13.2 Å². The van der Waals surface area contributed by atoms with E-state index in [1.807, 2.05) is 6.07 Å². The second-order valence-electron chi connectivity index (χ2n) is 6.24. The van der Waals surface area contributed by atoms with Crippen molar-refractivity contribution in [1.29, 1.82) is 0 Å². The number of hydrogen-bond donors (Lipinski definition) is 1. The first kappa shape index (κ1) is 20.6. The number of sulfonamides is 1. The molecule has 0 fully saturated rings. The van der Waals surface area contributed by atoms with Crippen LogP contribution in [0.3, 0.4) is 0 Å². The normalized spacial score (nSPS) is 11.5. The minimum absolute atomic E-state index is 0.00544. The number of carbonyl (C=O) groups excluding carboxylic acids is 1. The highest BCUT2D eigenvalue weighted by molar-refractivity contribution is 7.99. The molecule has 28 heavy (non-hydrogen) atoms. The number of furan rings is 1. The lowest BCUT2D eigenvalue weighted by Gasteiger charge is -2.13. The molecule has 9 heteroatoms. The number of hydrogen-bond acceptors (Lipinski definition) is 5. The number of benzene rings is 2. The molecule has 0 aliphatic rings. The van der Waals surface area contributed by atoms with E-state index >= 15 is 0 Å². The van der Waals surface area contributed by atoms with Crippen molar-refractivity contribution in [2.75, 3.05) is 24.6 Å². The van der Waals surface area contributed by atoms with E-state index in [1.165, 1.54) is 28.8 Å². The summed E-state index contributed by atoms with van der Waals surface area (Å²) in [5.74, 6) is 0.517. The average Bonchev–Trinajstić information content (AvgIpc) is 3.08. The second-order valence-corrected chi connectivity index (χ2v) is 9.42. The van der Waals surface area contributed by atoms with Crippen LogP contribution in [0.1, 0.15) is 6.42 Å². The zero-order valence-corrected chi connectivity index (χ0v) is 17.7. The van der Waals surface area contributed by atoms with Gasteiger partial charge in [0, 0.05) is 47.6 Å². The van der Waals surface area contributed by atoms with Gasteiger partial charge >= 0.3 is 0 Å². The van der Waals surface area contributed by atoms with Crippen LogP contribution in [0, 0.1) is 0 Å². The zero-order chi connectivity index (χ0) is 20.3. The summed E-state index contributed by atoms with van der Waals surface area (Å²) >= 11 is 7.43. The first-order valence-electron chi connectivity index (χ1n) is 8.40. The predicted molar refractivity (Wildman–Crippen MR) is 113 cm³/mol. The molecule has 0 aliphatic heterocycles. The quantitative estimate of drug-likeness (QED) is 0.551. The SMILES string of the molecule is CN(C)C(=O)CCSc1ccc(Cl)cc1NS(=O)(=O)c1cc2ccccc2o1. The van der Waals surface area contributed by atoms with E-state index < -0.39 is 10.0 Å². The van der Waals surface area contributed by atoms with Crippen LogP contribution >= 0.6 is 23.4 Å². The van der Waals surface area contributed by atoms with E-state index in [2.05, 4.69) is 4.72 Å². The molecule has 0 spiro atoms. The van der Waals surface area contributed by atoms with E-state index in [0.717, 1.165) is 0 Å². The fourth-order valence-electron chi connectivity index (χ4n) is 2.46. The van der Waals surface area contributed by atoms with Crippen LogP contribution in [0.5, 0.6) is 0 Å². The molecule has 1 amide bonds. The highest BCUT2D eigenvalue weighted by atomic mass is 35.5. The third kappa shape index (κ3) is 4.81. The van der Waals surface area contributed by atoms with Crippen LogP contribution in [0.2, 0.25) is 5.02 Å². The summed E-state index contributed by atoms with van der Waals surface area (Å²) in [6, 6.07) is 13.5. The Morgan fingerprint density at radius 3 is 2.64 bits per heavy atom. The highest BCUT2D eigenvalue weighted by Crippen LogP contribution is 2.33. The zero-order valence-electron chi connectivity index (χ0n) is 15.3. The number of rotatable bonds is 7. The number of nitrogens with zero attached hydrogens (tertiary/aromatic N) is 1. The third-order valence-electron chi connectivity index (χ3n) is 3.93. The van der Waals surface area contributed by atoms with Gasteiger partial charge in [0.2, 0.25) is 11.0 Å². The number of carbonyl (C=O) groups is 1. The molecule has 0 bridgehead atoms. The molecule has 148 valence electrons. The molecule has 2 aromatic carbocycles. The minimum Gasteiger partial charge on any atom is -0.443 e. The monoisotopic (exact) mass is 438 g/mol.